The Balaban J connectivity index is 3.44. The number of alkyl halides is 3. The molecule has 6 nitrogen and oxygen atoms in total. The van der Waals surface area contributed by atoms with E-state index < -0.39 is 39.8 Å². The van der Waals surface area contributed by atoms with Crippen LogP contribution < -0.4 is 0 Å². The monoisotopic (exact) mass is 302 g/mol. The standard InChI is InChI=1S/C12H9F3N2O4/c1-2-21-11(18)9(6-16)8-4-3-7(17(19)20)5-10(8)12(13,14)15/h3-5,9H,2H2,1H3. The number of carbonyl (C=O) groups is 1. The SMILES string of the molecule is CCOC(=O)C(C#N)c1ccc([N+](=O)[O-])cc1C(F)(F)F. The predicted octanol–water partition coefficient (Wildman–Crippen LogP) is 2.78. The molecule has 21 heavy (non-hydrogen) atoms. The molecule has 1 aromatic rings. The molecule has 9 heteroatoms. The summed E-state index contributed by atoms with van der Waals surface area (Å²) in [6.45, 7) is 1.33. The molecule has 0 heterocycles. The molecule has 0 aliphatic carbocycles. The molecule has 0 fully saturated rings. The first-order valence-electron chi connectivity index (χ1n) is 5.64. The molecular formula is C12H9F3N2O4. The van der Waals surface area contributed by atoms with E-state index in [1.165, 1.54) is 13.0 Å². The molecule has 0 amide bonds. The molecule has 1 atom stereocenters. The van der Waals surface area contributed by atoms with Gasteiger partial charge in [-0.1, -0.05) is 0 Å². The second-order valence-electron chi connectivity index (χ2n) is 3.84. The molecule has 112 valence electrons. The summed E-state index contributed by atoms with van der Waals surface area (Å²) in [5, 5.41) is 19.4. The predicted molar refractivity (Wildman–Crippen MR) is 63.1 cm³/mol. The van der Waals surface area contributed by atoms with E-state index in [4.69, 9.17) is 5.26 Å². The van der Waals surface area contributed by atoms with Crippen molar-refractivity contribution >= 4 is 11.7 Å². The lowest BCUT2D eigenvalue weighted by molar-refractivity contribution is -0.385. The van der Waals surface area contributed by atoms with Crippen LogP contribution in [0.2, 0.25) is 0 Å². The quantitative estimate of drug-likeness (QED) is 0.484. The van der Waals surface area contributed by atoms with E-state index in [-0.39, 0.29) is 6.61 Å². The fourth-order valence-electron chi connectivity index (χ4n) is 1.63. The van der Waals surface area contributed by atoms with Gasteiger partial charge >= 0.3 is 12.1 Å². The van der Waals surface area contributed by atoms with Gasteiger partial charge in [0.15, 0.2) is 5.92 Å². The smallest absolute Gasteiger partial charge is 0.416 e. The molecule has 0 saturated carbocycles. The van der Waals surface area contributed by atoms with Crippen molar-refractivity contribution in [2.24, 2.45) is 0 Å². The minimum Gasteiger partial charge on any atom is -0.465 e. The number of esters is 1. The minimum atomic E-state index is -4.94. The lowest BCUT2D eigenvalue weighted by Gasteiger charge is -2.15. The number of nitro groups is 1. The van der Waals surface area contributed by atoms with Crippen molar-refractivity contribution in [3.8, 4) is 6.07 Å². The van der Waals surface area contributed by atoms with E-state index in [0.717, 1.165) is 12.1 Å². The van der Waals surface area contributed by atoms with Crippen LogP contribution in [0.25, 0.3) is 0 Å². The van der Waals surface area contributed by atoms with Gasteiger partial charge in [-0.05, 0) is 18.6 Å². The van der Waals surface area contributed by atoms with Gasteiger partial charge in [0.2, 0.25) is 0 Å². The van der Waals surface area contributed by atoms with Gasteiger partial charge in [-0.3, -0.25) is 14.9 Å². The third-order valence-electron chi connectivity index (χ3n) is 2.52. The highest BCUT2D eigenvalue weighted by atomic mass is 19.4. The molecule has 0 aliphatic rings. The van der Waals surface area contributed by atoms with Gasteiger partial charge in [0.25, 0.3) is 5.69 Å². The molecule has 0 N–H and O–H groups in total. The highest BCUT2D eigenvalue weighted by Crippen LogP contribution is 2.37. The number of carbonyl (C=O) groups excluding carboxylic acids is 1. The Morgan fingerprint density at radius 2 is 2.14 bits per heavy atom. The molecule has 0 aromatic heterocycles. The Morgan fingerprint density at radius 3 is 2.57 bits per heavy atom. The second kappa shape index (κ2) is 6.21. The van der Waals surface area contributed by atoms with E-state index in [1.54, 1.807) is 0 Å². The summed E-state index contributed by atoms with van der Waals surface area (Å²) in [4.78, 5) is 21.1. The van der Waals surface area contributed by atoms with Gasteiger partial charge in [-0.15, -0.1) is 0 Å². The van der Waals surface area contributed by atoms with Gasteiger partial charge in [0, 0.05) is 12.1 Å². The zero-order valence-corrected chi connectivity index (χ0v) is 10.7. The van der Waals surface area contributed by atoms with Crippen LogP contribution in [0.1, 0.15) is 24.0 Å². The maximum atomic E-state index is 13.0. The fraction of sp³-hybridized carbons (Fsp3) is 0.333. The van der Waals surface area contributed by atoms with E-state index in [1.807, 2.05) is 0 Å². The van der Waals surface area contributed by atoms with Crippen LogP contribution in [0.15, 0.2) is 18.2 Å². The highest BCUT2D eigenvalue weighted by molar-refractivity contribution is 5.82. The maximum absolute atomic E-state index is 13.0. The molecule has 0 aliphatic heterocycles. The zero-order valence-electron chi connectivity index (χ0n) is 10.7. The summed E-state index contributed by atoms with van der Waals surface area (Å²) in [7, 11) is 0. The first-order chi connectivity index (χ1) is 9.72. The Bertz CT molecular complexity index is 608. The van der Waals surface area contributed by atoms with E-state index in [9.17, 15) is 28.1 Å². The van der Waals surface area contributed by atoms with E-state index in [2.05, 4.69) is 4.74 Å². The first-order valence-corrected chi connectivity index (χ1v) is 5.64. The number of halogens is 3. The summed E-state index contributed by atoms with van der Waals surface area (Å²) < 4.78 is 43.4. The molecule has 0 saturated heterocycles. The second-order valence-corrected chi connectivity index (χ2v) is 3.84. The van der Waals surface area contributed by atoms with Crippen LogP contribution in [-0.2, 0) is 15.7 Å². The number of ether oxygens (including phenoxy) is 1. The third-order valence-corrected chi connectivity index (χ3v) is 2.52. The third kappa shape index (κ3) is 3.68. The van der Waals surface area contributed by atoms with Gasteiger partial charge in [0.1, 0.15) is 0 Å². The lowest BCUT2D eigenvalue weighted by atomic mass is 9.94. The molecule has 0 spiro atoms. The van der Waals surface area contributed by atoms with Crippen LogP contribution in [0, 0.1) is 21.4 Å². The van der Waals surface area contributed by atoms with Crippen LogP contribution in [0.3, 0.4) is 0 Å². The Hall–Kier alpha value is -2.63. The molecule has 0 bridgehead atoms. The van der Waals surface area contributed by atoms with Gasteiger partial charge in [-0.2, -0.15) is 18.4 Å². The number of rotatable bonds is 4. The zero-order chi connectivity index (χ0) is 16.2. The molecule has 1 unspecified atom stereocenters. The van der Waals surface area contributed by atoms with Crippen LogP contribution >= 0.6 is 0 Å². The number of hydrogen-bond acceptors (Lipinski definition) is 5. The Labute approximate surface area is 116 Å². The number of nitrogens with zero attached hydrogens (tertiary/aromatic N) is 2. The van der Waals surface area contributed by atoms with Crippen LogP contribution in [0.4, 0.5) is 18.9 Å². The fourth-order valence-corrected chi connectivity index (χ4v) is 1.63. The summed E-state index contributed by atoms with van der Waals surface area (Å²) in [5.41, 5.74) is -2.86. The largest absolute Gasteiger partial charge is 0.465 e. The molecule has 1 rings (SSSR count). The summed E-state index contributed by atoms with van der Waals surface area (Å²) in [6.07, 6.45) is -4.94. The van der Waals surface area contributed by atoms with Gasteiger partial charge in [-0.25, -0.2) is 0 Å². The van der Waals surface area contributed by atoms with Crippen molar-refractivity contribution in [1.29, 1.82) is 5.26 Å². The van der Waals surface area contributed by atoms with Crippen molar-refractivity contribution < 1.29 is 27.6 Å². The topological polar surface area (TPSA) is 93.2 Å². The van der Waals surface area contributed by atoms with Crippen molar-refractivity contribution in [3.05, 3.63) is 39.4 Å². The van der Waals surface area contributed by atoms with E-state index in [0.29, 0.717) is 6.07 Å². The average Bonchev–Trinajstić information content (AvgIpc) is 2.38. The molecule has 0 radical (unpaired) electrons. The van der Waals surface area contributed by atoms with Crippen molar-refractivity contribution in [1.82, 2.24) is 0 Å². The van der Waals surface area contributed by atoms with Gasteiger partial charge in [0.05, 0.1) is 23.2 Å². The van der Waals surface area contributed by atoms with Crippen molar-refractivity contribution in [3.63, 3.8) is 0 Å². The minimum absolute atomic E-state index is 0.106. The summed E-state index contributed by atoms with van der Waals surface area (Å²) in [5.74, 6) is -2.94. The number of non-ortho nitro benzene ring substituents is 1. The van der Waals surface area contributed by atoms with Crippen LogP contribution in [0.5, 0.6) is 0 Å². The highest BCUT2D eigenvalue weighted by Gasteiger charge is 2.39. The molecule has 1 aromatic carbocycles. The number of nitro benzene ring substituents is 1. The normalized spacial score (nSPS) is 12.3. The van der Waals surface area contributed by atoms with Crippen LogP contribution in [-0.4, -0.2) is 17.5 Å². The molecular weight excluding hydrogens is 293 g/mol. The number of hydrogen-bond donors (Lipinski definition) is 0. The Kier molecular flexibility index (Phi) is 4.86. The van der Waals surface area contributed by atoms with Crippen molar-refractivity contribution in [2.75, 3.05) is 6.61 Å². The summed E-state index contributed by atoms with van der Waals surface area (Å²) >= 11 is 0. The first kappa shape index (κ1) is 16.4. The average molecular weight is 302 g/mol. The van der Waals surface area contributed by atoms with Gasteiger partial charge < -0.3 is 4.74 Å². The maximum Gasteiger partial charge on any atom is 0.416 e. The Morgan fingerprint density at radius 1 is 1.52 bits per heavy atom. The van der Waals surface area contributed by atoms with E-state index >= 15 is 0 Å². The number of nitriles is 1. The number of benzene rings is 1. The summed E-state index contributed by atoms with van der Waals surface area (Å²) in [6, 6.07) is 3.25. The lowest BCUT2D eigenvalue weighted by Crippen LogP contribution is -2.19. The van der Waals surface area contributed by atoms with Crippen molar-refractivity contribution in [2.45, 2.75) is 19.0 Å².